The van der Waals surface area contributed by atoms with Crippen molar-refractivity contribution in [3.63, 3.8) is 0 Å². The summed E-state index contributed by atoms with van der Waals surface area (Å²) < 4.78 is 31.3. The predicted molar refractivity (Wildman–Crippen MR) is 72.7 cm³/mol. The van der Waals surface area contributed by atoms with Crippen LogP contribution in [0.3, 0.4) is 0 Å². The van der Waals surface area contributed by atoms with Crippen molar-refractivity contribution < 1.29 is 23.7 Å². The number of hydrogen-bond acceptors (Lipinski definition) is 7. The van der Waals surface area contributed by atoms with E-state index in [1.54, 1.807) is 11.0 Å². The zero-order valence-corrected chi connectivity index (χ0v) is 13.1. The highest BCUT2D eigenvalue weighted by Gasteiger charge is 2.59. The molecule has 3 saturated heterocycles. The molecular formula is C14H21N3O5. The maximum absolute atomic E-state index is 6.09. The van der Waals surface area contributed by atoms with Crippen molar-refractivity contribution in [1.82, 2.24) is 14.8 Å². The van der Waals surface area contributed by atoms with Crippen LogP contribution in [0.2, 0.25) is 0 Å². The van der Waals surface area contributed by atoms with Crippen LogP contribution in [0.4, 0.5) is 0 Å². The second-order valence-corrected chi connectivity index (χ2v) is 6.80. The molecule has 0 saturated carbocycles. The summed E-state index contributed by atoms with van der Waals surface area (Å²) in [6.45, 7) is 8.00. The molecule has 8 nitrogen and oxygen atoms in total. The van der Waals surface area contributed by atoms with Gasteiger partial charge in [0.2, 0.25) is 0 Å². The van der Waals surface area contributed by atoms with Crippen LogP contribution in [-0.2, 0) is 23.7 Å². The standard InChI is InChI=1S/C14H21N3O5/c1-13(2)18-5-8(20-13)10-9(17-7-15-6-16-17)11-12(19-10)22-14(3,4)21-11/h6-12H,5H2,1-4H3/t8-,9+,10-,11-,12-/m1/s1. The zero-order chi connectivity index (χ0) is 15.5. The third kappa shape index (κ3) is 2.35. The molecule has 0 radical (unpaired) electrons. The first-order valence-corrected chi connectivity index (χ1v) is 7.52. The molecule has 0 bridgehead atoms. The van der Waals surface area contributed by atoms with Gasteiger partial charge in [0.25, 0.3) is 0 Å². The smallest absolute Gasteiger partial charge is 0.189 e. The van der Waals surface area contributed by atoms with Gasteiger partial charge in [0, 0.05) is 0 Å². The predicted octanol–water partition coefficient (Wildman–Crippen LogP) is 0.847. The Morgan fingerprint density at radius 1 is 1.05 bits per heavy atom. The van der Waals surface area contributed by atoms with Gasteiger partial charge in [-0.2, -0.15) is 5.10 Å². The monoisotopic (exact) mass is 311 g/mol. The first-order valence-electron chi connectivity index (χ1n) is 7.52. The third-order valence-corrected chi connectivity index (χ3v) is 4.19. The Morgan fingerprint density at radius 2 is 1.86 bits per heavy atom. The van der Waals surface area contributed by atoms with Crippen LogP contribution in [0, 0.1) is 0 Å². The van der Waals surface area contributed by atoms with E-state index in [4.69, 9.17) is 23.7 Å². The van der Waals surface area contributed by atoms with Gasteiger partial charge in [-0.15, -0.1) is 0 Å². The molecule has 3 fully saturated rings. The molecule has 122 valence electrons. The Bertz CT molecular complexity index is 547. The van der Waals surface area contributed by atoms with Gasteiger partial charge in [-0.1, -0.05) is 0 Å². The number of fused-ring (bicyclic) bond motifs is 1. The summed E-state index contributed by atoms with van der Waals surface area (Å²) in [5.41, 5.74) is 0. The van der Waals surface area contributed by atoms with E-state index in [2.05, 4.69) is 10.1 Å². The van der Waals surface area contributed by atoms with Gasteiger partial charge in [0.05, 0.1) is 6.61 Å². The van der Waals surface area contributed by atoms with Crippen LogP contribution in [0.15, 0.2) is 12.7 Å². The number of nitrogens with zero attached hydrogens (tertiary/aromatic N) is 3. The van der Waals surface area contributed by atoms with Gasteiger partial charge in [0.1, 0.15) is 37.0 Å². The SMILES string of the molecule is CC1(C)O[C@H]2O[C@H]([C@H]3COC(C)(C)O3)[C@H](n3cncn3)[C@H]2O1. The van der Waals surface area contributed by atoms with Crippen LogP contribution in [-0.4, -0.2) is 57.5 Å². The number of aromatic nitrogens is 3. The van der Waals surface area contributed by atoms with Gasteiger partial charge < -0.3 is 23.7 Å². The van der Waals surface area contributed by atoms with Crippen LogP contribution >= 0.6 is 0 Å². The summed E-state index contributed by atoms with van der Waals surface area (Å²) in [4.78, 5) is 4.03. The van der Waals surface area contributed by atoms with Crippen LogP contribution in [0.1, 0.15) is 33.7 Å². The Kier molecular flexibility index (Phi) is 3.11. The van der Waals surface area contributed by atoms with E-state index in [9.17, 15) is 0 Å². The first-order chi connectivity index (χ1) is 10.3. The van der Waals surface area contributed by atoms with Crippen molar-refractivity contribution in [2.45, 2.75) is 69.9 Å². The lowest BCUT2D eigenvalue weighted by molar-refractivity contribution is -0.226. The van der Waals surface area contributed by atoms with E-state index in [0.29, 0.717) is 6.61 Å². The minimum absolute atomic E-state index is 0.170. The lowest BCUT2D eigenvalue weighted by atomic mass is 10.0. The fourth-order valence-electron chi connectivity index (χ4n) is 3.37. The van der Waals surface area contributed by atoms with Crippen molar-refractivity contribution in [2.75, 3.05) is 6.61 Å². The molecule has 0 amide bonds. The van der Waals surface area contributed by atoms with Crippen molar-refractivity contribution in [3.05, 3.63) is 12.7 Å². The van der Waals surface area contributed by atoms with E-state index in [-0.39, 0.29) is 24.4 Å². The fraction of sp³-hybridized carbons (Fsp3) is 0.857. The Hall–Kier alpha value is -1.06. The molecule has 0 aromatic carbocycles. The zero-order valence-electron chi connectivity index (χ0n) is 13.1. The molecule has 5 atom stereocenters. The lowest BCUT2D eigenvalue weighted by Crippen LogP contribution is -2.40. The molecule has 0 spiro atoms. The van der Waals surface area contributed by atoms with Crippen molar-refractivity contribution in [3.8, 4) is 0 Å². The highest BCUT2D eigenvalue weighted by atomic mass is 16.8. The molecule has 0 N–H and O–H groups in total. The van der Waals surface area contributed by atoms with Crippen LogP contribution in [0.5, 0.6) is 0 Å². The molecule has 0 aliphatic carbocycles. The van der Waals surface area contributed by atoms with Crippen LogP contribution < -0.4 is 0 Å². The summed E-state index contributed by atoms with van der Waals surface area (Å²) in [6.07, 6.45) is 2.00. The average molecular weight is 311 g/mol. The summed E-state index contributed by atoms with van der Waals surface area (Å²) in [5, 5.41) is 4.26. The maximum Gasteiger partial charge on any atom is 0.189 e. The Balaban J connectivity index is 1.62. The summed E-state index contributed by atoms with van der Waals surface area (Å²) in [5.74, 6) is -1.29. The van der Waals surface area contributed by atoms with Crippen LogP contribution in [0.25, 0.3) is 0 Å². The molecule has 22 heavy (non-hydrogen) atoms. The summed E-state index contributed by atoms with van der Waals surface area (Å²) >= 11 is 0. The normalized spacial score (nSPS) is 42.6. The molecule has 8 heteroatoms. The van der Waals surface area contributed by atoms with Gasteiger partial charge in [-0.25, -0.2) is 9.67 Å². The van der Waals surface area contributed by atoms with E-state index >= 15 is 0 Å². The van der Waals surface area contributed by atoms with Gasteiger partial charge in [-0.05, 0) is 27.7 Å². The minimum Gasteiger partial charge on any atom is -0.348 e. The molecular weight excluding hydrogens is 290 g/mol. The van der Waals surface area contributed by atoms with E-state index in [1.165, 1.54) is 6.33 Å². The minimum atomic E-state index is -0.675. The third-order valence-electron chi connectivity index (χ3n) is 4.19. The largest absolute Gasteiger partial charge is 0.348 e. The molecule has 3 aliphatic rings. The Morgan fingerprint density at radius 3 is 2.50 bits per heavy atom. The average Bonchev–Trinajstić information content (AvgIpc) is 3.11. The fourth-order valence-corrected chi connectivity index (χ4v) is 3.37. The molecule has 4 heterocycles. The highest BCUT2D eigenvalue weighted by molar-refractivity contribution is 5.00. The van der Waals surface area contributed by atoms with E-state index in [0.717, 1.165) is 0 Å². The van der Waals surface area contributed by atoms with Crippen molar-refractivity contribution >= 4 is 0 Å². The number of rotatable bonds is 2. The second kappa shape index (κ2) is 4.72. The van der Waals surface area contributed by atoms with E-state index in [1.807, 2.05) is 27.7 Å². The second-order valence-electron chi connectivity index (χ2n) is 6.80. The lowest BCUT2D eigenvalue weighted by Gasteiger charge is -2.28. The van der Waals surface area contributed by atoms with Crippen molar-refractivity contribution in [1.29, 1.82) is 0 Å². The molecule has 1 aromatic rings. The Labute approximate surface area is 128 Å². The van der Waals surface area contributed by atoms with Gasteiger partial charge in [-0.3, -0.25) is 0 Å². The molecule has 4 rings (SSSR count). The summed E-state index contributed by atoms with van der Waals surface area (Å²) in [7, 11) is 0. The topological polar surface area (TPSA) is 76.9 Å². The molecule has 1 aromatic heterocycles. The summed E-state index contributed by atoms with van der Waals surface area (Å²) in [6, 6.07) is -0.170. The van der Waals surface area contributed by atoms with E-state index < -0.39 is 17.9 Å². The quantitative estimate of drug-likeness (QED) is 0.801. The van der Waals surface area contributed by atoms with Gasteiger partial charge in [0.15, 0.2) is 17.9 Å². The van der Waals surface area contributed by atoms with Crippen molar-refractivity contribution in [2.24, 2.45) is 0 Å². The highest BCUT2D eigenvalue weighted by Crippen LogP contribution is 2.45. The number of ether oxygens (including phenoxy) is 5. The van der Waals surface area contributed by atoms with Gasteiger partial charge >= 0.3 is 0 Å². The number of hydrogen-bond donors (Lipinski definition) is 0. The molecule has 3 aliphatic heterocycles. The first kappa shape index (κ1) is 14.5. The molecule has 0 unspecified atom stereocenters. The maximum atomic E-state index is 6.09.